The van der Waals surface area contributed by atoms with Gasteiger partial charge < -0.3 is 5.32 Å². The van der Waals surface area contributed by atoms with E-state index in [-0.39, 0.29) is 17.2 Å². The maximum Gasteiger partial charge on any atom is 0.277 e. The second-order valence-electron chi connectivity index (χ2n) is 3.95. The molecule has 19 heavy (non-hydrogen) atoms. The number of carbonyl (C=O) groups excluding carboxylic acids is 1. The van der Waals surface area contributed by atoms with E-state index in [9.17, 15) is 9.59 Å². The maximum absolute atomic E-state index is 12.0. The summed E-state index contributed by atoms with van der Waals surface area (Å²) in [6.45, 7) is 2.43. The smallest absolute Gasteiger partial charge is 0.277 e. The highest BCUT2D eigenvalue weighted by molar-refractivity contribution is 6.02. The van der Waals surface area contributed by atoms with E-state index in [4.69, 9.17) is 0 Å². The lowest BCUT2D eigenvalue weighted by Crippen LogP contribution is -2.26. The van der Waals surface area contributed by atoms with Gasteiger partial charge in [0.15, 0.2) is 0 Å². The Hall–Kier alpha value is -2.50. The molecule has 2 aromatic rings. The molecule has 2 aromatic heterocycles. The van der Waals surface area contributed by atoms with Gasteiger partial charge in [-0.05, 0) is 24.6 Å². The van der Waals surface area contributed by atoms with Crippen LogP contribution in [0.1, 0.15) is 23.8 Å². The summed E-state index contributed by atoms with van der Waals surface area (Å²) in [7, 11) is 0. The Morgan fingerprint density at radius 3 is 2.84 bits per heavy atom. The predicted molar refractivity (Wildman–Crippen MR) is 71.0 cm³/mol. The van der Waals surface area contributed by atoms with E-state index in [1.54, 1.807) is 24.4 Å². The molecule has 0 atom stereocenters. The molecule has 0 fully saturated rings. The van der Waals surface area contributed by atoms with Crippen molar-refractivity contribution in [2.24, 2.45) is 0 Å². The van der Waals surface area contributed by atoms with Crippen molar-refractivity contribution < 1.29 is 4.79 Å². The Morgan fingerprint density at radius 1 is 1.32 bits per heavy atom. The number of carbonyl (C=O) groups is 1. The number of aromatic nitrogens is 3. The minimum atomic E-state index is -0.386. The molecule has 0 aliphatic carbocycles. The molecule has 2 rings (SSSR count). The molecule has 0 unspecified atom stereocenters. The molecule has 0 saturated heterocycles. The van der Waals surface area contributed by atoms with Gasteiger partial charge in [0.25, 0.3) is 11.5 Å². The van der Waals surface area contributed by atoms with Gasteiger partial charge in [-0.2, -0.15) is 5.10 Å². The number of anilines is 1. The number of amides is 1. The molecule has 6 heteroatoms. The normalized spacial score (nSPS) is 10.2. The molecular weight excluding hydrogens is 244 g/mol. The van der Waals surface area contributed by atoms with Crippen LogP contribution in [0.3, 0.4) is 0 Å². The Bertz CT molecular complexity index is 622. The number of hydrogen-bond donors (Lipinski definition) is 1. The van der Waals surface area contributed by atoms with Crippen LogP contribution in [0.25, 0.3) is 0 Å². The maximum atomic E-state index is 12.0. The van der Waals surface area contributed by atoms with E-state index in [1.807, 2.05) is 6.92 Å². The van der Waals surface area contributed by atoms with Crippen molar-refractivity contribution in [2.75, 3.05) is 5.32 Å². The zero-order valence-electron chi connectivity index (χ0n) is 10.5. The molecular formula is C13H14N4O2. The number of rotatable bonds is 4. The molecule has 0 saturated carbocycles. The van der Waals surface area contributed by atoms with Crippen LogP contribution in [0.2, 0.25) is 0 Å². The van der Waals surface area contributed by atoms with Gasteiger partial charge in [0.2, 0.25) is 0 Å². The lowest BCUT2D eigenvalue weighted by Gasteiger charge is -2.06. The van der Waals surface area contributed by atoms with E-state index in [2.05, 4.69) is 15.4 Å². The summed E-state index contributed by atoms with van der Waals surface area (Å²) in [5.74, 6) is 0.0612. The minimum Gasteiger partial charge on any atom is -0.305 e. The molecule has 0 bridgehead atoms. The van der Waals surface area contributed by atoms with E-state index in [1.165, 1.54) is 16.8 Å². The third kappa shape index (κ3) is 3.25. The minimum absolute atomic E-state index is 0.193. The molecule has 1 amide bonds. The fraction of sp³-hybridized carbons (Fsp3) is 0.231. The number of pyridine rings is 1. The number of hydrogen-bond acceptors (Lipinski definition) is 4. The molecule has 1 N–H and O–H groups in total. The zero-order valence-corrected chi connectivity index (χ0v) is 10.5. The van der Waals surface area contributed by atoms with Crippen LogP contribution in [0, 0.1) is 0 Å². The van der Waals surface area contributed by atoms with Crippen molar-refractivity contribution in [1.82, 2.24) is 14.8 Å². The lowest BCUT2D eigenvalue weighted by atomic mass is 10.3. The molecule has 0 aromatic carbocycles. The Kier molecular flexibility index (Phi) is 4.02. The summed E-state index contributed by atoms with van der Waals surface area (Å²) < 4.78 is 1.29. The topological polar surface area (TPSA) is 76.9 Å². The standard InChI is InChI=1S/C13H14N4O2/c1-2-9-17-12(18)7-6-10(16-17)13(19)15-11-5-3-4-8-14-11/h3-8H,2,9H2,1H3,(H,14,15,19). The first-order valence-corrected chi connectivity index (χ1v) is 6.01. The molecule has 0 aliphatic heterocycles. The fourth-order valence-electron chi connectivity index (χ4n) is 1.56. The molecule has 0 aliphatic rings. The van der Waals surface area contributed by atoms with Crippen molar-refractivity contribution in [3.63, 3.8) is 0 Å². The van der Waals surface area contributed by atoms with Gasteiger partial charge in [-0.3, -0.25) is 9.59 Å². The molecule has 0 spiro atoms. The average molecular weight is 258 g/mol. The first kappa shape index (κ1) is 12.9. The van der Waals surface area contributed by atoms with Gasteiger partial charge in [0.05, 0.1) is 0 Å². The second kappa shape index (κ2) is 5.90. The van der Waals surface area contributed by atoms with Crippen LogP contribution in [-0.2, 0) is 6.54 Å². The van der Waals surface area contributed by atoms with Crippen molar-refractivity contribution in [3.8, 4) is 0 Å². The summed E-state index contributed by atoms with van der Waals surface area (Å²) in [4.78, 5) is 27.4. The Balaban J connectivity index is 2.20. The van der Waals surface area contributed by atoms with E-state index >= 15 is 0 Å². The SMILES string of the molecule is CCCn1nc(C(=O)Nc2ccccn2)ccc1=O. The average Bonchev–Trinajstić information content (AvgIpc) is 2.42. The van der Waals surface area contributed by atoms with Crippen molar-refractivity contribution in [1.29, 1.82) is 0 Å². The van der Waals surface area contributed by atoms with E-state index in [0.29, 0.717) is 12.4 Å². The molecule has 0 radical (unpaired) electrons. The first-order chi connectivity index (χ1) is 9.20. The monoisotopic (exact) mass is 258 g/mol. The van der Waals surface area contributed by atoms with E-state index in [0.717, 1.165) is 6.42 Å². The van der Waals surface area contributed by atoms with Crippen molar-refractivity contribution in [2.45, 2.75) is 19.9 Å². The van der Waals surface area contributed by atoms with Crippen molar-refractivity contribution >= 4 is 11.7 Å². The highest BCUT2D eigenvalue weighted by Crippen LogP contribution is 2.02. The molecule has 98 valence electrons. The predicted octanol–water partition coefficient (Wildman–Crippen LogP) is 1.30. The van der Waals surface area contributed by atoms with Gasteiger partial charge in [-0.1, -0.05) is 13.0 Å². The lowest BCUT2D eigenvalue weighted by molar-refractivity contribution is 0.101. The third-order valence-corrected chi connectivity index (χ3v) is 2.44. The van der Waals surface area contributed by atoms with Gasteiger partial charge in [-0.15, -0.1) is 0 Å². The summed E-state index contributed by atoms with van der Waals surface area (Å²) in [5.41, 5.74) is -0.0186. The summed E-state index contributed by atoms with van der Waals surface area (Å²) in [5, 5.41) is 6.64. The van der Waals surface area contributed by atoms with Crippen LogP contribution in [0.5, 0.6) is 0 Å². The Morgan fingerprint density at radius 2 is 2.16 bits per heavy atom. The third-order valence-electron chi connectivity index (χ3n) is 2.44. The summed E-state index contributed by atoms with van der Waals surface area (Å²) in [6.07, 6.45) is 2.36. The van der Waals surface area contributed by atoms with Crippen LogP contribution >= 0.6 is 0 Å². The number of nitrogens with zero attached hydrogens (tertiary/aromatic N) is 3. The van der Waals surface area contributed by atoms with Gasteiger partial charge in [0.1, 0.15) is 11.5 Å². The molecule has 2 heterocycles. The quantitative estimate of drug-likeness (QED) is 0.896. The zero-order chi connectivity index (χ0) is 13.7. The second-order valence-corrected chi connectivity index (χ2v) is 3.95. The highest BCUT2D eigenvalue weighted by Gasteiger charge is 2.10. The van der Waals surface area contributed by atoms with Crippen LogP contribution in [0.15, 0.2) is 41.3 Å². The highest BCUT2D eigenvalue weighted by atomic mass is 16.2. The largest absolute Gasteiger partial charge is 0.305 e. The van der Waals surface area contributed by atoms with Crippen LogP contribution in [-0.4, -0.2) is 20.7 Å². The summed E-state index contributed by atoms with van der Waals surface area (Å²) in [6, 6.07) is 7.96. The van der Waals surface area contributed by atoms with Crippen LogP contribution < -0.4 is 10.9 Å². The van der Waals surface area contributed by atoms with Gasteiger partial charge in [0, 0.05) is 18.8 Å². The fourth-order valence-corrected chi connectivity index (χ4v) is 1.56. The van der Waals surface area contributed by atoms with Gasteiger partial charge in [-0.25, -0.2) is 9.67 Å². The summed E-state index contributed by atoms with van der Waals surface area (Å²) >= 11 is 0. The van der Waals surface area contributed by atoms with Crippen LogP contribution in [0.4, 0.5) is 5.82 Å². The van der Waals surface area contributed by atoms with E-state index < -0.39 is 0 Å². The number of aryl methyl sites for hydroxylation is 1. The first-order valence-electron chi connectivity index (χ1n) is 6.01. The Labute approximate surface area is 110 Å². The van der Waals surface area contributed by atoms with Gasteiger partial charge >= 0.3 is 0 Å². The number of nitrogens with one attached hydrogen (secondary N) is 1. The van der Waals surface area contributed by atoms with Crippen molar-refractivity contribution in [3.05, 3.63) is 52.6 Å². The molecule has 6 nitrogen and oxygen atoms in total.